The predicted molar refractivity (Wildman–Crippen MR) is 95.3 cm³/mol. The van der Waals surface area contributed by atoms with Crippen molar-refractivity contribution >= 4 is 45.5 Å². The molecule has 2 aromatic heterocycles. The van der Waals surface area contributed by atoms with Gasteiger partial charge in [0.2, 0.25) is 5.91 Å². The monoisotopic (exact) mass is 341 g/mol. The number of carbonyl (C=O) groups excluding carboxylic acids is 1. The van der Waals surface area contributed by atoms with Crippen LogP contribution >= 0.6 is 11.6 Å². The summed E-state index contributed by atoms with van der Waals surface area (Å²) in [5, 5.41) is 13.3. The van der Waals surface area contributed by atoms with Crippen molar-refractivity contribution in [3.8, 4) is 5.82 Å². The molecule has 3 rings (SSSR count). The molecule has 0 unspecified atom stereocenters. The van der Waals surface area contributed by atoms with Crippen molar-refractivity contribution in [2.24, 2.45) is 0 Å². The topological polar surface area (TPSA) is 72.7 Å². The average Bonchev–Trinajstić information content (AvgIpc) is 2.97. The van der Waals surface area contributed by atoms with Gasteiger partial charge in [0.1, 0.15) is 11.3 Å². The molecule has 7 heteroatoms. The quantitative estimate of drug-likeness (QED) is 0.773. The molecule has 0 fully saturated rings. The van der Waals surface area contributed by atoms with E-state index in [4.69, 9.17) is 11.6 Å². The van der Waals surface area contributed by atoms with Gasteiger partial charge in [0.25, 0.3) is 0 Å². The van der Waals surface area contributed by atoms with Gasteiger partial charge in [0.05, 0.1) is 5.52 Å². The number of benzene rings is 1. The summed E-state index contributed by atoms with van der Waals surface area (Å²) in [5.41, 5.74) is 1.57. The third-order valence-corrected chi connectivity index (χ3v) is 3.73. The summed E-state index contributed by atoms with van der Waals surface area (Å²) < 4.78 is 1.63. The van der Waals surface area contributed by atoms with Gasteiger partial charge < -0.3 is 5.32 Å². The predicted octanol–water partition coefficient (Wildman–Crippen LogP) is 1.94. The Labute approximate surface area is 143 Å². The largest absolute Gasteiger partial charge is 0.311 e. The summed E-state index contributed by atoms with van der Waals surface area (Å²) in [6, 6.07) is 9.37. The van der Waals surface area contributed by atoms with Crippen molar-refractivity contribution < 1.29 is 4.79 Å². The van der Waals surface area contributed by atoms with E-state index >= 15 is 0 Å². The number of pyridine rings is 1. The van der Waals surface area contributed by atoms with Crippen molar-refractivity contribution in [2.45, 2.75) is 20.8 Å². The van der Waals surface area contributed by atoms with E-state index in [9.17, 15) is 4.79 Å². The maximum atomic E-state index is 11.4. The minimum Gasteiger partial charge on any atom is -0.311 e. The molecule has 2 heterocycles. The van der Waals surface area contributed by atoms with Gasteiger partial charge in [-0.15, -0.1) is 5.10 Å². The highest BCUT2D eigenvalue weighted by molar-refractivity contribution is 6.44. The first kappa shape index (κ1) is 16.1. The number of aromatic nitrogens is 4. The van der Waals surface area contributed by atoms with Gasteiger partial charge in [0.15, 0.2) is 5.82 Å². The van der Waals surface area contributed by atoms with E-state index in [1.165, 1.54) is 6.92 Å². The molecule has 3 aromatic rings. The van der Waals surface area contributed by atoms with Crippen molar-refractivity contribution in [2.75, 3.05) is 5.32 Å². The summed E-state index contributed by atoms with van der Waals surface area (Å²) in [6.07, 6.45) is 1.91. The summed E-state index contributed by atoms with van der Waals surface area (Å²) in [5.74, 6) is 0.765. The van der Waals surface area contributed by atoms with Crippen LogP contribution in [0.15, 0.2) is 30.3 Å². The number of nitrogens with zero attached hydrogens (tertiary/aromatic N) is 4. The zero-order chi connectivity index (χ0) is 17.3. The SMILES string of the molecule is C/C=c1/cc(NC(C)=O)nc(-n2nnc3ccccc32)/c1=C(/C)Cl. The molecule has 6 nitrogen and oxygen atoms in total. The lowest BCUT2D eigenvalue weighted by Gasteiger charge is -2.08. The van der Waals surface area contributed by atoms with Crippen LogP contribution in [-0.2, 0) is 4.79 Å². The van der Waals surface area contributed by atoms with Crippen LogP contribution in [0, 0.1) is 0 Å². The molecule has 0 aliphatic heterocycles. The van der Waals surface area contributed by atoms with E-state index in [0.29, 0.717) is 16.7 Å². The van der Waals surface area contributed by atoms with E-state index in [1.807, 2.05) is 37.3 Å². The van der Waals surface area contributed by atoms with Crippen molar-refractivity contribution in [3.05, 3.63) is 40.8 Å². The van der Waals surface area contributed by atoms with Gasteiger partial charge in [-0.1, -0.05) is 35.0 Å². The van der Waals surface area contributed by atoms with Crippen LogP contribution in [0.25, 0.3) is 28.0 Å². The highest BCUT2D eigenvalue weighted by Crippen LogP contribution is 2.14. The Morgan fingerprint density at radius 2 is 2.04 bits per heavy atom. The number of hydrogen-bond acceptors (Lipinski definition) is 4. The van der Waals surface area contributed by atoms with Crippen LogP contribution < -0.4 is 15.8 Å². The number of amides is 1. The van der Waals surface area contributed by atoms with Gasteiger partial charge in [-0.3, -0.25) is 4.79 Å². The molecule has 0 saturated heterocycles. The first-order valence-electron chi connectivity index (χ1n) is 7.43. The van der Waals surface area contributed by atoms with E-state index in [-0.39, 0.29) is 5.91 Å². The number of nitrogens with one attached hydrogen (secondary N) is 1. The number of anilines is 1. The number of para-hydroxylation sites is 1. The Balaban J connectivity index is 2.41. The fraction of sp³-hybridized carbons (Fsp3) is 0.176. The normalized spacial score (nSPS) is 13.2. The molecule has 24 heavy (non-hydrogen) atoms. The number of fused-ring (bicyclic) bond motifs is 1. The fourth-order valence-corrected chi connectivity index (χ4v) is 2.75. The second-order valence-corrected chi connectivity index (χ2v) is 5.86. The average molecular weight is 342 g/mol. The molecule has 0 saturated carbocycles. The molecule has 1 N–H and O–H groups in total. The van der Waals surface area contributed by atoms with Crippen LogP contribution in [0.2, 0.25) is 0 Å². The molecule has 0 radical (unpaired) electrons. The molecule has 1 amide bonds. The molecule has 0 aliphatic rings. The number of halogens is 1. The van der Waals surface area contributed by atoms with Crippen LogP contribution in [0.5, 0.6) is 0 Å². The van der Waals surface area contributed by atoms with Crippen molar-refractivity contribution in [3.63, 3.8) is 0 Å². The first-order chi connectivity index (χ1) is 11.5. The standard InChI is InChI=1S/C17H16ClN5O/c1-4-12-9-15(19-11(3)24)20-17(16(12)10(2)18)23-14-8-6-5-7-13(14)21-22-23/h4-9H,1-3H3,(H,19,24)/b12-4-,16-10-. The van der Waals surface area contributed by atoms with Gasteiger partial charge in [-0.25, -0.2) is 4.98 Å². The van der Waals surface area contributed by atoms with Crippen molar-refractivity contribution in [1.82, 2.24) is 20.0 Å². The number of hydrogen-bond donors (Lipinski definition) is 1. The van der Waals surface area contributed by atoms with Gasteiger partial charge in [0, 0.05) is 17.2 Å². The lowest BCUT2D eigenvalue weighted by Crippen LogP contribution is -2.33. The second kappa shape index (κ2) is 6.41. The van der Waals surface area contributed by atoms with Gasteiger partial charge >= 0.3 is 0 Å². The van der Waals surface area contributed by atoms with E-state index in [0.717, 1.165) is 21.5 Å². The number of carbonyl (C=O) groups is 1. The lowest BCUT2D eigenvalue weighted by atomic mass is 10.2. The zero-order valence-corrected chi connectivity index (χ0v) is 14.3. The zero-order valence-electron chi connectivity index (χ0n) is 13.5. The van der Waals surface area contributed by atoms with Crippen LogP contribution in [-0.4, -0.2) is 25.9 Å². The Hall–Kier alpha value is -2.73. The maximum Gasteiger partial charge on any atom is 0.222 e. The summed E-state index contributed by atoms with van der Waals surface area (Å²) >= 11 is 6.33. The molecular formula is C17H16ClN5O. The van der Waals surface area contributed by atoms with Crippen LogP contribution in [0.4, 0.5) is 5.82 Å². The van der Waals surface area contributed by atoms with E-state index in [2.05, 4.69) is 20.6 Å². The van der Waals surface area contributed by atoms with Crippen molar-refractivity contribution in [1.29, 1.82) is 0 Å². The smallest absolute Gasteiger partial charge is 0.222 e. The third kappa shape index (κ3) is 2.88. The van der Waals surface area contributed by atoms with Crippen LogP contribution in [0.3, 0.4) is 0 Å². The highest BCUT2D eigenvalue weighted by atomic mass is 35.5. The van der Waals surface area contributed by atoms with E-state index < -0.39 is 0 Å². The Morgan fingerprint density at radius 3 is 2.71 bits per heavy atom. The molecular weight excluding hydrogens is 326 g/mol. The minimum atomic E-state index is -0.196. The Bertz CT molecular complexity index is 1050. The molecule has 122 valence electrons. The first-order valence-corrected chi connectivity index (χ1v) is 7.81. The van der Waals surface area contributed by atoms with E-state index in [1.54, 1.807) is 17.7 Å². The molecule has 0 bridgehead atoms. The second-order valence-electron chi connectivity index (χ2n) is 5.29. The maximum absolute atomic E-state index is 11.4. The molecule has 0 aliphatic carbocycles. The summed E-state index contributed by atoms with van der Waals surface area (Å²) in [6.45, 7) is 5.14. The number of rotatable bonds is 2. The molecule has 1 aromatic carbocycles. The minimum absolute atomic E-state index is 0.196. The molecule has 0 spiro atoms. The van der Waals surface area contributed by atoms with Crippen LogP contribution in [0.1, 0.15) is 20.8 Å². The Kier molecular flexibility index (Phi) is 4.31. The van der Waals surface area contributed by atoms with Gasteiger partial charge in [-0.2, -0.15) is 4.68 Å². The van der Waals surface area contributed by atoms with Gasteiger partial charge in [-0.05, 0) is 37.3 Å². The lowest BCUT2D eigenvalue weighted by molar-refractivity contribution is -0.114. The molecule has 0 atom stereocenters. The summed E-state index contributed by atoms with van der Waals surface area (Å²) in [4.78, 5) is 16.0. The third-order valence-electron chi connectivity index (χ3n) is 3.54. The fourth-order valence-electron chi connectivity index (χ4n) is 2.55. The Morgan fingerprint density at radius 1 is 1.29 bits per heavy atom. The highest BCUT2D eigenvalue weighted by Gasteiger charge is 2.12. The summed E-state index contributed by atoms with van der Waals surface area (Å²) in [7, 11) is 0.